The third kappa shape index (κ3) is 4.66. The van der Waals surface area contributed by atoms with E-state index in [1.165, 1.54) is 0 Å². The molecular formula is C23H29NO6. The molecule has 0 bridgehead atoms. The molecule has 0 spiro atoms. The van der Waals surface area contributed by atoms with Gasteiger partial charge in [-0.2, -0.15) is 0 Å². The summed E-state index contributed by atoms with van der Waals surface area (Å²) in [4.78, 5) is 38.7. The van der Waals surface area contributed by atoms with Crippen molar-refractivity contribution < 1.29 is 23.5 Å². The zero-order chi connectivity index (χ0) is 22.2. The molecule has 1 fully saturated rings. The summed E-state index contributed by atoms with van der Waals surface area (Å²) in [5, 5.41) is 0.636. The molecule has 1 saturated heterocycles. The first-order valence-corrected chi connectivity index (χ1v) is 10.2. The first kappa shape index (κ1) is 21.9. The quantitative estimate of drug-likeness (QED) is 0.414. The number of hydrogen-bond donors (Lipinski definition) is 0. The van der Waals surface area contributed by atoms with Gasteiger partial charge in [-0.05, 0) is 77.6 Å². The fourth-order valence-electron chi connectivity index (χ4n) is 3.58. The lowest BCUT2D eigenvalue weighted by Gasteiger charge is -2.32. The molecule has 1 aliphatic rings. The van der Waals surface area contributed by atoms with Gasteiger partial charge in [0.25, 0.3) is 0 Å². The Morgan fingerprint density at radius 3 is 2.30 bits per heavy atom. The van der Waals surface area contributed by atoms with Gasteiger partial charge in [0, 0.05) is 18.7 Å². The number of amides is 1. The van der Waals surface area contributed by atoms with Crippen molar-refractivity contribution in [3.8, 4) is 5.75 Å². The van der Waals surface area contributed by atoms with Crippen LogP contribution in [0, 0.1) is 26.7 Å². The summed E-state index contributed by atoms with van der Waals surface area (Å²) in [6.07, 6.45) is 0.657. The van der Waals surface area contributed by atoms with Crippen LogP contribution >= 0.6 is 0 Å². The van der Waals surface area contributed by atoms with Gasteiger partial charge in [0.15, 0.2) is 0 Å². The summed E-state index contributed by atoms with van der Waals surface area (Å²) in [5.41, 5.74) is 1.53. The number of fused-ring (bicyclic) bond motifs is 1. The molecule has 1 aromatic carbocycles. The van der Waals surface area contributed by atoms with Gasteiger partial charge in [-0.25, -0.2) is 9.59 Å². The molecule has 0 N–H and O–H groups in total. The second kappa shape index (κ2) is 8.13. The van der Waals surface area contributed by atoms with Crippen molar-refractivity contribution in [1.29, 1.82) is 0 Å². The Hall–Kier alpha value is -2.83. The van der Waals surface area contributed by atoms with Gasteiger partial charge in [-0.3, -0.25) is 4.79 Å². The first-order chi connectivity index (χ1) is 14.0. The van der Waals surface area contributed by atoms with E-state index in [1.54, 1.807) is 24.0 Å². The minimum atomic E-state index is -0.552. The predicted octanol–water partition coefficient (Wildman–Crippen LogP) is 4.27. The van der Waals surface area contributed by atoms with Gasteiger partial charge in [0.05, 0.1) is 11.3 Å². The molecule has 7 nitrogen and oxygen atoms in total. The molecule has 0 aliphatic carbocycles. The Labute approximate surface area is 175 Å². The van der Waals surface area contributed by atoms with Crippen LogP contribution in [0.3, 0.4) is 0 Å². The number of esters is 1. The van der Waals surface area contributed by atoms with Gasteiger partial charge in [-0.1, -0.05) is 0 Å². The van der Waals surface area contributed by atoms with Gasteiger partial charge >= 0.3 is 17.7 Å². The van der Waals surface area contributed by atoms with E-state index >= 15 is 0 Å². The smallest absolute Gasteiger partial charge is 0.410 e. The van der Waals surface area contributed by atoms with Crippen LogP contribution < -0.4 is 10.4 Å². The number of likely N-dealkylation sites (tertiary alicyclic amines) is 1. The summed E-state index contributed by atoms with van der Waals surface area (Å²) < 4.78 is 16.6. The maximum Gasteiger partial charge on any atom is 0.410 e. The standard InChI is InChI=1S/C23H29NO6/c1-13-11-17-19(14(2)15(3)20(25)28-17)18(12-13)29-21(26)16-7-9-24(10-8-16)22(27)30-23(4,5)6/h11-12,16H,7-10H2,1-6H3. The number of rotatable bonds is 2. The van der Waals surface area contributed by atoms with Crippen LogP contribution in [0.15, 0.2) is 21.3 Å². The molecular weight excluding hydrogens is 386 g/mol. The number of hydrogen-bond acceptors (Lipinski definition) is 6. The van der Waals surface area contributed by atoms with Crippen molar-refractivity contribution in [2.75, 3.05) is 13.1 Å². The third-order valence-corrected chi connectivity index (χ3v) is 5.35. The highest BCUT2D eigenvalue weighted by Crippen LogP contribution is 2.32. The fraction of sp³-hybridized carbons (Fsp3) is 0.522. The summed E-state index contributed by atoms with van der Waals surface area (Å²) in [7, 11) is 0. The van der Waals surface area contributed by atoms with Gasteiger partial charge in [-0.15, -0.1) is 0 Å². The van der Waals surface area contributed by atoms with Crippen molar-refractivity contribution in [2.24, 2.45) is 5.92 Å². The molecule has 0 unspecified atom stereocenters. The highest BCUT2D eigenvalue weighted by Gasteiger charge is 2.31. The van der Waals surface area contributed by atoms with E-state index in [-0.39, 0.29) is 18.0 Å². The van der Waals surface area contributed by atoms with Crippen LogP contribution in [0.1, 0.15) is 50.3 Å². The van der Waals surface area contributed by atoms with Crippen LogP contribution in [-0.4, -0.2) is 35.7 Å². The number of benzene rings is 1. The largest absolute Gasteiger partial charge is 0.444 e. The molecule has 2 aromatic rings. The van der Waals surface area contributed by atoms with Crippen LogP contribution in [0.5, 0.6) is 5.75 Å². The highest BCUT2D eigenvalue weighted by atomic mass is 16.6. The maximum absolute atomic E-state index is 12.8. The van der Waals surface area contributed by atoms with E-state index in [9.17, 15) is 14.4 Å². The number of carbonyl (C=O) groups excluding carboxylic acids is 2. The molecule has 30 heavy (non-hydrogen) atoms. The Kier molecular flexibility index (Phi) is 5.92. The summed E-state index contributed by atoms with van der Waals surface area (Å²) in [6.45, 7) is 11.7. The Bertz CT molecular complexity index is 1040. The molecule has 0 atom stereocenters. The van der Waals surface area contributed by atoms with Crippen molar-refractivity contribution in [3.05, 3.63) is 39.2 Å². The summed E-state index contributed by atoms with van der Waals surface area (Å²) in [6, 6.07) is 3.54. The van der Waals surface area contributed by atoms with E-state index in [2.05, 4.69) is 0 Å². The molecule has 162 valence electrons. The van der Waals surface area contributed by atoms with Gasteiger partial charge < -0.3 is 18.8 Å². The van der Waals surface area contributed by atoms with Crippen molar-refractivity contribution in [3.63, 3.8) is 0 Å². The molecule has 7 heteroatoms. The molecule has 3 rings (SSSR count). The molecule has 1 amide bonds. The second-order valence-electron chi connectivity index (χ2n) is 8.94. The monoisotopic (exact) mass is 415 g/mol. The van der Waals surface area contributed by atoms with E-state index in [1.807, 2.05) is 34.6 Å². The normalized spacial score (nSPS) is 15.3. The average Bonchev–Trinajstić information content (AvgIpc) is 2.64. The molecule has 2 heterocycles. The summed E-state index contributed by atoms with van der Waals surface area (Å²) in [5.74, 6) is -0.251. The lowest BCUT2D eigenvalue weighted by atomic mass is 9.97. The Balaban J connectivity index is 1.75. The molecule has 0 saturated carbocycles. The van der Waals surface area contributed by atoms with E-state index < -0.39 is 11.2 Å². The van der Waals surface area contributed by atoms with Crippen molar-refractivity contribution in [2.45, 2.75) is 60.0 Å². The number of carbonyl (C=O) groups is 2. The first-order valence-electron chi connectivity index (χ1n) is 10.2. The molecule has 0 radical (unpaired) electrons. The number of piperidine rings is 1. The number of nitrogens with zero attached hydrogens (tertiary/aromatic N) is 1. The fourth-order valence-corrected chi connectivity index (χ4v) is 3.58. The SMILES string of the molecule is Cc1cc(OC(=O)C2CCN(C(=O)OC(C)(C)C)CC2)c2c(C)c(C)c(=O)oc2c1. The Morgan fingerprint density at radius 2 is 1.70 bits per heavy atom. The van der Waals surface area contributed by atoms with Crippen molar-refractivity contribution in [1.82, 2.24) is 4.90 Å². The van der Waals surface area contributed by atoms with Gasteiger partial charge in [0.2, 0.25) is 0 Å². The zero-order valence-corrected chi connectivity index (χ0v) is 18.5. The van der Waals surface area contributed by atoms with Crippen LogP contribution in [0.4, 0.5) is 4.79 Å². The van der Waals surface area contributed by atoms with E-state index in [0.29, 0.717) is 48.2 Å². The maximum atomic E-state index is 12.8. The van der Waals surface area contributed by atoms with E-state index in [0.717, 1.165) is 11.1 Å². The summed E-state index contributed by atoms with van der Waals surface area (Å²) >= 11 is 0. The van der Waals surface area contributed by atoms with Crippen molar-refractivity contribution >= 4 is 23.0 Å². The third-order valence-electron chi connectivity index (χ3n) is 5.35. The van der Waals surface area contributed by atoms with E-state index in [4.69, 9.17) is 13.9 Å². The average molecular weight is 415 g/mol. The Morgan fingerprint density at radius 1 is 1.07 bits per heavy atom. The lowest BCUT2D eigenvalue weighted by molar-refractivity contribution is -0.140. The predicted molar refractivity (Wildman–Crippen MR) is 113 cm³/mol. The molecule has 1 aliphatic heterocycles. The van der Waals surface area contributed by atoms with Gasteiger partial charge in [0.1, 0.15) is 16.9 Å². The highest BCUT2D eigenvalue weighted by molar-refractivity contribution is 5.90. The number of aryl methyl sites for hydroxylation is 2. The minimum absolute atomic E-state index is 0.309. The van der Waals surface area contributed by atoms with Crippen LogP contribution in [0.25, 0.3) is 11.0 Å². The van der Waals surface area contributed by atoms with Crippen LogP contribution in [-0.2, 0) is 9.53 Å². The van der Waals surface area contributed by atoms with Crippen LogP contribution in [0.2, 0.25) is 0 Å². The second-order valence-corrected chi connectivity index (χ2v) is 8.94. The number of ether oxygens (including phenoxy) is 2. The lowest BCUT2D eigenvalue weighted by Crippen LogP contribution is -2.43. The topological polar surface area (TPSA) is 86.0 Å². The minimum Gasteiger partial charge on any atom is -0.444 e. The molecule has 1 aromatic heterocycles. The zero-order valence-electron chi connectivity index (χ0n) is 18.5.